The van der Waals surface area contributed by atoms with Gasteiger partial charge in [0, 0.05) is 43.5 Å². The molecule has 1 aromatic carbocycles. The summed E-state index contributed by atoms with van der Waals surface area (Å²) in [6.07, 6.45) is 9.89. The number of imidazole rings is 1. The molecule has 0 radical (unpaired) electrons. The highest BCUT2D eigenvalue weighted by molar-refractivity contribution is 5.85. The molecule has 1 N–H and O–H groups in total. The first-order valence-electron chi connectivity index (χ1n) is 9.67. The van der Waals surface area contributed by atoms with Crippen LogP contribution in [0.25, 0.3) is 0 Å². The highest BCUT2D eigenvalue weighted by Crippen LogP contribution is 2.61. The quantitative estimate of drug-likeness (QED) is 0.934. The van der Waals surface area contributed by atoms with Crippen LogP contribution in [0, 0.1) is 5.92 Å². The molecule has 25 heavy (non-hydrogen) atoms. The summed E-state index contributed by atoms with van der Waals surface area (Å²) < 4.78 is 2.28. The zero-order valence-electron chi connectivity index (χ0n) is 14.6. The molecule has 2 heterocycles. The standard InChI is InChI=1S/C21H25N3O/c25-20(18-13-21(18)10-8-15-5-1-2-6-17(15)21)22-11-9-16-14-24-12-4-3-7-19(24)23-16/h1-2,5-6,14,18H,3-4,7-13H2,(H,22,25)/t18-,21+/m0/s1. The molecule has 1 spiro atoms. The third kappa shape index (κ3) is 2.50. The van der Waals surface area contributed by atoms with Crippen LogP contribution in [0.15, 0.2) is 30.5 Å². The van der Waals surface area contributed by atoms with Crippen LogP contribution in [0.1, 0.15) is 48.3 Å². The molecular formula is C21H25N3O. The number of rotatable bonds is 4. The van der Waals surface area contributed by atoms with E-state index in [1.165, 1.54) is 29.8 Å². The van der Waals surface area contributed by atoms with E-state index < -0.39 is 0 Å². The van der Waals surface area contributed by atoms with Crippen molar-refractivity contribution in [3.05, 3.63) is 53.1 Å². The van der Waals surface area contributed by atoms with Gasteiger partial charge in [-0.3, -0.25) is 4.79 Å². The largest absolute Gasteiger partial charge is 0.355 e. The van der Waals surface area contributed by atoms with E-state index in [-0.39, 0.29) is 17.2 Å². The van der Waals surface area contributed by atoms with Crippen LogP contribution in [-0.4, -0.2) is 22.0 Å². The lowest BCUT2D eigenvalue weighted by Crippen LogP contribution is -2.29. The van der Waals surface area contributed by atoms with Crippen LogP contribution in [0.3, 0.4) is 0 Å². The van der Waals surface area contributed by atoms with Crippen molar-refractivity contribution in [2.45, 2.75) is 56.9 Å². The van der Waals surface area contributed by atoms with E-state index in [0.29, 0.717) is 6.54 Å². The third-order valence-electron chi connectivity index (χ3n) is 6.42. The summed E-state index contributed by atoms with van der Waals surface area (Å²) in [7, 11) is 0. The van der Waals surface area contributed by atoms with Gasteiger partial charge in [-0.2, -0.15) is 0 Å². The molecule has 4 nitrogen and oxygen atoms in total. The molecule has 3 aliphatic rings. The van der Waals surface area contributed by atoms with Crippen LogP contribution >= 0.6 is 0 Å². The van der Waals surface area contributed by atoms with E-state index in [4.69, 9.17) is 4.98 Å². The van der Waals surface area contributed by atoms with Crippen LogP contribution in [0.4, 0.5) is 0 Å². The number of nitrogens with one attached hydrogen (secondary N) is 1. The second kappa shape index (κ2) is 5.72. The molecule has 1 fully saturated rings. The topological polar surface area (TPSA) is 46.9 Å². The minimum absolute atomic E-state index is 0.147. The van der Waals surface area contributed by atoms with Crippen molar-refractivity contribution in [2.75, 3.05) is 6.54 Å². The van der Waals surface area contributed by atoms with E-state index in [1.54, 1.807) is 0 Å². The van der Waals surface area contributed by atoms with Crippen LogP contribution in [-0.2, 0) is 36.0 Å². The highest BCUT2D eigenvalue weighted by Gasteiger charge is 2.61. The number of fused-ring (bicyclic) bond motifs is 3. The lowest BCUT2D eigenvalue weighted by Gasteiger charge is -2.11. The second-order valence-electron chi connectivity index (χ2n) is 7.91. The molecule has 0 unspecified atom stereocenters. The SMILES string of the molecule is O=C(NCCc1cn2c(n1)CCCC2)[C@@H]1C[C@@]12CCc1ccccc12. The predicted octanol–water partition coefficient (Wildman–Crippen LogP) is 2.78. The van der Waals surface area contributed by atoms with E-state index in [9.17, 15) is 4.79 Å². The minimum Gasteiger partial charge on any atom is -0.355 e. The Morgan fingerprint density at radius 1 is 1.28 bits per heavy atom. The summed E-state index contributed by atoms with van der Waals surface area (Å²) in [5, 5.41) is 3.17. The molecule has 1 aliphatic heterocycles. The average molecular weight is 335 g/mol. The number of aromatic nitrogens is 2. The summed E-state index contributed by atoms with van der Waals surface area (Å²) in [5.41, 5.74) is 4.14. The molecule has 2 aliphatic carbocycles. The molecule has 2 aromatic rings. The van der Waals surface area contributed by atoms with Crippen molar-refractivity contribution >= 4 is 5.91 Å². The Morgan fingerprint density at radius 3 is 3.12 bits per heavy atom. The number of hydrogen-bond donors (Lipinski definition) is 1. The molecule has 0 saturated heterocycles. The minimum atomic E-state index is 0.147. The fourth-order valence-electron chi connectivity index (χ4n) is 4.97. The normalized spacial score (nSPS) is 26.3. The third-order valence-corrected chi connectivity index (χ3v) is 6.42. The van der Waals surface area contributed by atoms with Crippen LogP contribution < -0.4 is 5.32 Å². The smallest absolute Gasteiger partial charge is 0.224 e. The monoisotopic (exact) mass is 335 g/mol. The van der Waals surface area contributed by atoms with E-state index >= 15 is 0 Å². The highest BCUT2D eigenvalue weighted by atomic mass is 16.2. The molecule has 4 heteroatoms. The van der Waals surface area contributed by atoms with Crippen molar-refractivity contribution in [3.8, 4) is 0 Å². The summed E-state index contributed by atoms with van der Waals surface area (Å²) in [4.78, 5) is 17.3. The van der Waals surface area contributed by atoms with Crippen molar-refractivity contribution < 1.29 is 4.79 Å². The van der Waals surface area contributed by atoms with Gasteiger partial charge in [0.15, 0.2) is 0 Å². The van der Waals surface area contributed by atoms with E-state index in [2.05, 4.69) is 40.3 Å². The van der Waals surface area contributed by atoms with Gasteiger partial charge in [-0.15, -0.1) is 0 Å². The summed E-state index contributed by atoms with van der Waals surface area (Å²) in [6.45, 7) is 1.79. The zero-order chi connectivity index (χ0) is 16.9. The maximum absolute atomic E-state index is 12.6. The van der Waals surface area contributed by atoms with Crippen molar-refractivity contribution in [1.29, 1.82) is 0 Å². The van der Waals surface area contributed by atoms with Gasteiger partial charge in [0.05, 0.1) is 5.69 Å². The average Bonchev–Trinajstić information content (AvgIpc) is 3.03. The Hall–Kier alpha value is -2.10. The molecule has 1 saturated carbocycles. The first-order chi connectivity index (χ1) is 12.3. The second-order valence-corrected chi connectivity index (χ2v) is 7.91. The first-order valence-corrected chi connectivity index (χ1v) is 9.67. The van der Waals surface area contributed by atoms with Gasteiger partial charge in [-0.25, -0.2) is 4.98 Å². The van der Waals surface area contributed by atoms with Crippen LogP contribution in [0.5, 0.6) is 0 Å². The van der Waals surface area contributed by atoms with Gasteiger partial charge in [0.1, 0.15) is 5.82 Å². The fourth-order valence-corrected chi connectivity index (χ4v) is 4.97. The Kier molecular flexibility index (Phi) is 3.47. The lowest BCUT2D eigenvalue weighted by atomic mass is 9.95. The number of carbonyl (C=O) groups excluding carboxylic acids is 1. The Labute approximate surface area is 148 Å². The maximum atomic E-state index is 12.6. The van der Waals surface area contributed by atoms with E-state index in [0.717, 1.165) is 44.3 Å². The Balaban J connectivity index is 1.18. The Morgan fingerprint density at radius 2 is 2.20 bits per heavy atom. The fraction of sp³-hybridized carbons (Fsp3) is 0.524. The number of aryl methyl sites for hydroxylation is 3. The zero-order valence-corrected chi connectivity index (χ0v) is 14.6. The van der Waals surface area contributed by atoms with Gasteiger partial charge in [-0.05, 0) is 43.2 Å². The number of amides is 1. The number of nitrogens with zero attached hydrogens (tertiary/aromatic N) is 2. The molecule has 1 aromatic heterocycles. The number of benzene rings is 1. The maximum Gasteiger partial charge on any atom is 0.224 e. The van der Waals surface area contributed by atoms with Gasteiger partial charge in [0.2, 0.25) is 5.91 Å². The molecule has 2 atom stereocenters. The van der Waals surface area contributed by atoms with Gasteiger partial charge >= 0.3 is 0 Å². The number of carbonyl (C=O) groups is 1. The molecular weight excluding hydrogens is 310 g/mol. The molecule has 130 valence electrons. The van der Waals surface area contributed by atoms with Gasteiger partial charge in [0.25, 0.3) is 0 Å². The van der Waals surface area contributed by atoms with Crippen molar-refractivity contribution in [1.82, 2.24) is 14.9 Å². The van der Waals surface area contributed by atoms with Crippen molar-refractivity contribution in [3.63, 3.8) is 0 Å². The lowest BCUT2D eigenvalue weighted by molar-refractivity contribution is -0.122. The molecule has 0 bridgehead atoms. The predicted molar refractivity (Wildman–Crippen MR) is 96.4 cm³/mol. The summed E-state index contributed by atoms with van der Waals surface area (Å²) in [5.74, 6) is 1.63. The summed E-state index contributed by atoms with van der Waals surface area (Å²) in [6, 6.07) is 8.67. The first kappa shape index (κ1) is 15.2. The van der Waals surface area contributed by atoms with Gasteiger partial charge < -0.3 is 9.88 Å². The molecule has 1 amide bonds. The van der Waals surface area contributed by atoms with E-state index in [1.807, 2.05) is 0 Å². The van der Waals surface area contributed by atoms with Crippen molar-refractivity contribution in [2.24, 2.45) is 5.92 Å². The summed E-state index contributed by atoms with van der Waals surface area (Å²) >= 11 is 0. The molecule has 5 rings (SSSR count). The number of hydrogen-bond acceptors (Lipinski definition) is 2. The van der Waals surface area contributed by atoms with Crippen LogP contribution in [0.2, 0.25) is 0 Å². The Bertz CT molecular complexity index is 801. The van der Waals surface area contributed by atoms with Gasteiger partial charge in [-0.1, -0.05) is 24.3 Å².